The number of carbonyl (C=O) groups is 2. The molecule has 4 atom stereocenters. The topological polar surface area (TPSA) is 66.4 Å². The molecule has 4 nitrogen and oxygen atoms in total. The number of carboxylic acids is 1. The van der Waals surface area contributed by atoms with E-state index >= 15 is 0 Å². The van der Waals surface area contributed by atoms with Crippen molar-refractivity contribution in [3.05, 3.63) is 41.5 Å². The van der Waals surface area contributed by atoms with Gasteiger partial charge in [0.15, 0.2) is 0 Å². The Labute approximate surface area is 123 Å². The fourth-order valence-corrected chi connectivity index (χ4v) is 3.62. The van der Waals surface area contributed by atoms with Crippen molar-refractivity contribution in [2.75, 3.05) is 5.32 Å². The van der Waals surface area contributed by atoms with E-state index in [9.17, 15) is 14.7 Å². The van der Waals surface area contributed by atoms with Gasteiger partial charge in [0.2, 0.25) is 5.91 Å². The van der Waals surface area contributed by atoms with Crippen LogP contribution in [0.3, 0.4) is 0 Å². The lowest BCUT2D eigenvalue weighted by Gasteiger charge is -2.24. The van der Waals surface area contributed by atoms with Gasteiger partial charge < -0.3 is 10.4 Å². The summed E-state index contributed by atoms with van der Waals surface area (Å²) in [5.74, 6) is -2.04. The summed E-state index contributed by atoms with van der Waals surface area (Å²) in [4.78, 5) is 24.0. The molecule has 21 heavy (non-hydrogen) atoms. The number of carboxylic acid groups (broad SMARTS) is 1. The van der Waals surface area contributed by atoms with Crippen LogP contribution >= 0.6 is 0 Å². The molecule has 2 aliphatic carbocycles. The second-order valence-electron chi connectivity index (χ2n) is 6.07. The molecule has 2 N–H and O–H groups in total. The molecule has 0 heterocycles. The molecule has 0 saturated heterocycles. The molecular formula is C17H19NO3. The van der Waals surface area contributed by atoms with Gasteiger partial charge in [-0.05, 0) is 49.3 Å². The normalized spacial score (nSPS) is 29.6. The maximum Gasteiger partial charge on any atom is 0.307 e. The predicted octanol–water partition coefficient (Wildman–Crippen LogP) is 2.76. The van der Waals surface area contributed by atoms with Crippen molar-refractivity contribution in [2.24, 2.45) is 23.7 Å². The molecule has 0 spiro atoms. The van der Waals surface area contributed by atoms with Crippen LogP contribution in [-0.2, 0) is 9.59 Å². The summed E-state index contributed by atoms with van der Waals surface area (Å²) in [5.41, 5.74) is 2.91. The number of benzene rings is 1. The SMILES string of the molecule is Cc1cccc(NC(=O)[C@H]2[C@@H](C(=O)O)[C@H]3C=C[C@@H]2C3)c1C. The lowest BCUT2D eigenvalue weighted by Crippen LogP contribution is -2.36. The zero-order chi connectivity index (χ0) is 15.1. The number of fused-ring (bicyclic) bond motifs is 2. The van der Waals surface area contributed by atoms with Crippen LogP contribution in [-0.4, -0.2) is 17.0 Å². The first kappa shape index (κ1) is 13.9. The molecule has 1 saturated carbocycles. The van der Waals surface area contributed by atoms with Crippen molar-refractivity contribution in [2.45, 2.75) is 20.3 Å². The summed E-state index contributed by atoms with van der Waals surface area (Å²) in [7, 11) is 0. The molecule has 4 heteroatoms. The highest BCUT2D eigenvalue weighted by molar-refractivity contribution is 5.97. The third-order valence-corrected chi connectivity index (χ3v) is 4.91. The van der Waals surface area contributed by atoms with Crippen LogP contribution in [0.15, 0.2) is 30.4 Å². The smallest absolute Gasteiger partial charge is 0.307 e. The highest BCUT2D eigenvalue weighted by Gasteiger charge is 2.51. The van der Waals surface area contributed by atoms with Gasteiger partial charge in [-0.3, -0.25) is 9.59 Å². The van der Waals surface area contributed by atoms with Crippen molar-refractivity contribution in [1.82, 2.24) is 0 Å². The van der Waals surface area contributed by atoms with Gasteiger partial charge in [-0.2, -0.15) is 0 Å². The van der Waals surface area contributed by atoms with Crippen molar-refractivity contribution in [3.8, 4) is 0 Å². The van der Waals surface area contributed by atoms with E-state index in [2.05, 4.69) is 5.32 Å². The molecule has 1 aromatic rings. The largest absolute Gasteiger partial charge is 0.481 e. The average molecular weight is 285 g/mol. The van der Waals surface area contributed by atoms with Crippen LogP contribution in [0.25, 0.3) is 0 Å². The minimum Gasteiger partial charge on any atom is -0.481 e. The molecular weight excluding hydrogens is 266 g/mol. The van der Waals surface area contributed by atoms with Gasteiger partial charge in [-0.25, -0.2) is 0 Å². The molecule has 2 bridgehead atoms. The van der Waals surface area contributed by atoms with Crippen molar-refractivity contribution < 1.29 is 14.7 Å². The fourth-order valence-electron chi connectivity index (χ4n) is 3.62. The molecule has 0 unspecified atom stereocenters. The van der Waals surface area contributed by atoms with E-state index in [0.29, 0.717) is 0 Å². The molecule has 0 radical (unpaired) electrons. The van der Waals surface area contributed by atoms with Gasteiger partial charge >= 0.3 is 5.97 Å². The Kier molecular flexibility index (Phi) is 3.32. The lowest BCUT2D eigenvalue weighted by molar-refractivity contribution is -0.146. The van der Waals surface area contributed by atoms with Crippen molar-refractivity contribution >= 4 is 17.6 Å². The second kappa shape index (κ2) is 5.02. The number of aryl methyl sites for hydroxylation is 1. The van der Waals surface area contributed by atoms with E-state index in [4.69, 9.17) is 0 Å². The maximum atomic E-state index is 12.6. The van der Waals surface area contributed by atoms with Crippen LogP contribution in [0.5, 0.6) is 0 Å². The monoisotopic (exact) mass is 285 g/mol. The summed E-state index contributed by atoms with van der Waals surface area (Å²) >= 11 is 0. The van der Waals surface area contributed by atoms with Crippen LogP contribution < -0.4 is 5.32 Å². The van der Waals surface area contributed by atoms with Crippen molar-refractivity contribution in [1.29, 1.82) is 0 Å². The highest BCUT2D eigenvalue weighted by atomic mass is 16.4. The molecule has 1 aromatic carbocycles. The van der Waals surface area contributed by atoms with E-state index < -0.39 is 17.8 Å². The van der Waals surface area contributed by atoms with Gasteiger partial charge in [0.25, 0.3) is 0 Å². The zero-order valence-corrected chi connectivity index (χ0v) is 12.2. The molecule has 3 rings (SSSR count). The van der Waals surface area contributed by atoms with Gasteiger partial charge in [-0.1, -0.05) is 24.3 Å². The standard InChI is InChI=1S/C17H19NO3/c1-9-4-3-5-13(10(9)2)18-16(19)14-11-6-7-12(8-11)15(14)17(20)21/h3-7,11-12,14-15H,8H2,1-2H3,(H,18,19)(H,20,21)/t11-,12+,14-,15+/m1/s1. The average Bonchev–Trinajstić information content (AvgIpc) is 3.04. The Hall–Kier alpha value is -2.10. The summed E-state index contributed by atoms with van der Waals surface area (Å²) < 4.78 is 0. The van der Waals surface area contributed by atoms with Crippen LogP contribution in [0, 0.1) is 37.5 Å². The molecule has 0 aromatic heterocycles. The van der Waals surface area contributed by atoms with Crippen LogP contribution in [0.2, 0.25) is 0 Å². The van der Waals surface area contributed by atoms with E-state index in [1.54, 1.807) is 0 Å². The van der Waals surface area contributed by atoms with Crippen LogP contribution in [0.4, 0.5) is 5.69 Å². The van der Waals surface area contributed by atoms with E-state index in [1.165, 1.54) is 0 Å². The number of hydrogen-bond donors (Lipinski definition) is 2. The Morgan fingerprint density at radius 2 is 1.81 bits per heavy atom. The lowest BCUT2D eigenvalue weighted by atomic mass is 9.82. The predicted molar refractivity (Wildman–Crippen MR) is 79.9 cm³/mol. The van der Waals surface area contributed by atoms with E-state index in [0.717, 1.165) is 23.2 Å². The van der Waals surface area contributed by atoms with Crippen molar-refractivity contribution in [3.63, 3.8) is 0 Å². The van der Waals surface area contributed by atoms with Gasteiger partial charge in [0.1, 0.15) is 0 Å². The zero-order valence-electron chi connectivity index (χ0n) is 12.2. The Morgan fingerprint density at radius 3 is 2.48 bits per heavy atom. The Bertz CT molecular complexity index is 635. The first-order chi connectivity index (χ1) is 9.99. The number of rotatable bonds is 3. The summed E-state index contributed by atoms with van der Waals surface area (Å²) in [6.07, 6.45) is 4.73. The minimum atomic E-state index is -0.868. The first-order valence-electron chi connectivity index (χ1n) is 7.27. The van der Waals surface area contributed by atoms with Gasteiger partial charge in [0, 0.05) is 5.69 Å². The Balaban J connectivity index is 1.84. The minimum absolute atomic E-state index is 0.00172. The van der Waals surface area contributed by atoms with E-state index in [1.807, 2.05) is 44.2 Å². The molecule has 1 amide bonds. The third kappa shape index (κ3) is 2.24. The first-order valence-corrected chi connectivity index (χ1v) is 7.27. The number of amides is 1. The second-order valence-corrected chi connectivity index (χ2v) is 6.07. The Morgan fingerprint density at radius 1 is 1.14 bits per heavy atom. The number of anilines is 1. The maximum absolute atomic E-state index is 12.6. The number of allylic oxidation sites excluding steroid dienone is 2. The van der Waals surface area contributed by atoms with Gasteiger partial charge in [0.05, 0.1) is 11.8 Å². The number of carbonyl (C=O) groups excluding carboxylic acids is 1. The molecule has 0 aliphatic heterocycles. The summed E-state index contributed by atoms with van der Waals surface area (Å²) in [6.45, 7) is 3.95. The summed E-state index contributed by atoms with van der Waals surface area (Å²) in [6, 6.07) is 5.75. The third-order valence-electron chi connectivity index (χ3n) is 4.91. The van der Waals surface area contributed by atoms with Crippen LogP contribution in [0.1, 0.15) is 17.5 Å². The van der Waals surface area contributed by atoms with E-state index in [-0.39, 0.29) is 17.7 Å². The molecule has 2 aliphatic rings. The number of nitrogens with one attached hydrogen (secondary N) is 1. The number of hydrogen-bond acceptors (Lipinski definition) is 2. The molecule has 1 fully saturated rings. The summed E-state index contributed by atoms with van der Waals surface area (Å²) in [5, 5.41) is 12.3. The van der Waals surface area contributed by atoms with Gasteiger partial charge in [-0.15, -0.1) is 0 Å². The quantitative estimate of drug-likeness (QED) is 0.839. The number of aliphatic carboxylic acids is 1. The fraction of sp³-hybridized carbons (Fsp3) is 0.412. The molecule has 110 valence electrons. The highest BCUT2D eigenvalue weighted by Crippen LogP contribution is 2.48.